The minimum absolute atomic E-state index is 0.129. The number of imidazole rings is 1. The average molecular weight is 543 g/mol. The monoisotopic (exact) mass is 542 g/mol. The van der Waals surface area contributed by atoms with Gasteiger partial charge in [0.2, 0.25) is 11.9 Å². The molecule has 3 aromatic carbocycles. The first-order chi connectivity index (χ1) is 19.3. The fourth-order valence-electron chi connectivity index (χ4n) is 4.22. The summed E-state index contributed by atoms with van der Waals surface area (Å²) in [5, 5.41) is 2.92. The molecular weight excluding hydrogens is 508 g/mol. The van der Waals surface area contributed by atoms with Gasteiger partial charge >= 0.3 is 0 Å². The van der Waals surface area contributed by atoms with E-state index in [9.17, 15) is 9.59 Å². The summed E-state index contributed by atoms with van der Waals surface area (Å²) < 4.78 is 17.6. The van der Waals surface area contributed by atoms with Crippen LogP contribution in [-0.2, 0) is 4.79 Å². The van der Waals surface area contributed by atoms with E-state index in [-0.39, 0.29) is 24.3 Å². The molecule has 0 saturated carbocycles. The summed E-state index contributed by atoms with van der Waals surface area (Å²) >= 11 is 0. The smallest absolute Gasteiger partial charge is 0.254 e. The number of aromatic nitrogens is 2. The zero-order chi connectivity index (χ0) is 28.6. The number of rotatable bonds is 11. The third-order valence-corrected chi connectivity index (χ3v) is 6.24. The van der Waals surface area contributed by atoms with Crippen molar-refractivity contribution in [2.45, 2.75) is 13.8 Å². The Morgan fingerprint density at radius 1 is 0.825 bits per heavy atom. The third-order valence-electron chi connectivity index (χ3n) is 6.24. The highest BCUT2D eigenvalue weighted by Crippen LogP contribution is 2.27. The number of carbonyl (C=O) groups excluding carboxylic acids is 2. The molecule has 208 valence electrons. The van der Waals surface area contributed by atoms with Crippen molar-refractivity contribution in [1.29, 1.82) is 0 Å². The summed E-state index contributed by atoms with van der Waals surface area (Å²) in [6.07, 6.45) is 1.85. The van der Waals surface area contributed by atoms with Crippen LogP contribution in [0.5, 0.6) is 17.2 Å². The van der Waals surface area contributed by atoms with Gasteiger partial charge in [-0.05, 0) is 78.7 Å². The predicted octanol–water partition coefficient (Wildman–Crippen LogP) is 5.30. The number of benzene rings is 3. The van der Waals surface area contributed by atoms with Crippen molar-refractivity contribution in [2.24, 2.45) is 5.92 Å². The highest BCUT2D eigenvalue weighted by atomic mass is 16.5. The van der Waals surface area contributed by atoms with Crippen LogP contribution in [0.2, 0.25) is 0 Å². The predicted molar refractivity (Wildman–Crippen MR) is 154 cm³/mol. The number of methoxy groups -OCH3 is 3. The number of hydrogen-bond acceptors (Lipinski definition) is 6. The van der Waals surface area contributed by atoms with Crippen molar-refractivity contribution >= 4 is 17.8 Å². The maximum atomic E-state index is 13.3. The second kappa shape index (κ2) is 12.8. The molecule has 0 aliphatic rings. The van der Waals surface area contributed by atoms with Gasteiger partial charge in [0.1, 0.15) is 23.8 Å². The van der Waals surface area contributed by atoms with E-state index >= 15 is 0 Å². The lowest BCUT2D eigenvalue weighted by molar-refractivity contribution is -0.117. The van der Waals surface area contributed by atoms with Crippen LogP contribution in [0.4, 0.5) is 5.95 Å². The Labute approximate surface area is 234 Å². The van der Waals surface area contributed by atoms with Crippen LogP contribution in [0.25, 0.3) is 16.9 Å². The molecule has 4 aromatic rings. The van der Waals surface area contributed by atoms with E-state index in [1.807, 2.05) is 68.6 Å². The number of carbonyl (C=O) groups is 2. The maximum Gasteiger partial charge on any atom is 0.254 e. The Balaban J connectivity index is 1.61. The fourth-order valence-corrected chi connectivity index (χ4v) is 4.22. The number of anilines is 1. The van der Waals surface area contributed by atoms with Crippen molar-refractivity contribution in [2.75, 3.05) is 39.7 Å². The molecular formula is C31H34N4O5. The highest BCUT2D eigenvalue weighted by Gasteiger charge is 2.22. The van der Waals surface area contributed by atoms with Crippen LogP contribution in [0.3, 0.4) is 0 Å². The van der Waals surface area contributed by atoms with Gasteiger partial charge in [-0.2, -0.15) is 0 Å². The summed E-state index contributed by atoms with van der Waals surface area (Å²) in [4.78, 5) is 32.9. The van der Waals surface area contributed by atoms with Crippen molar-refractivity contribution in [3.8, 4) is 34.2 Å². The first-order valence-electron chi connectivity index (χ1n) is 12.9. The third kappa shape index (κ3) is 6.79. The first kappa shape index (κ1) is 28.2. The lowest BCUT2D eigenvalue weighted by Crippen LogP contribution is -2.40. The molecule has 0 saturated heterocycles. The van der Waals surface area contributed by atoms with Crippen molar-refractivity contribution in [3.63, 3.8) is 0 Å². The summed E-state index contributed by atoms with van der Waals surface area (Å²) in [6.45, 7) is 4.30. The Bertz CT molecular complexity index is 1430. The van der Waals surface area contributed by atoms with Crippen LogP contribution < -0.4 is 19.5 Å². The average Bonchev–Trinajstić information content (AvgIpc) is 3.39. The van der Waals surface area contributed by atoms with Gasteiger partial charge in [0.25, 0.3) is 5.91 Å². The molecule has 0 fully saturated rings. The van der Waals surface area contributed by atoms with Gasteiger partial charge in [0.05, 0.1) is 27.0 Å². The van der Waals surface area contributed by atoms with E-state index in [0.717, 1.165) is 17.0 Å². The van der Waals surface area contributed by atoms with Crippen LogP contribution in [0.1, 0.15) is 24.2 Å². The molecule has 0 bridgehead atoms. The largest absolute Gasteiger partial charge is 0.497 e. The summed E-state index contributed by atoms with van der Waals surface area (Å²) in [5.41, 5.74) is 2.80. The van der Waals surface area contributed by atoms with Crippen LogP contribution in [0.15, 0.2) is 79.0 Å². The number of hydrogen-bond donors (Lipinski definition) is 1. The number of nitrogens with zero attached hydrogens (tertiary/aromatic N) is 3. The minimum Gasteiger partial charge on any atom is -0.497 e. The van der Waals surface area contributed by atoms with E-state index in [1.54, 1.807) is 55.1 Å². The molecule has 1 aromatic heterocycles. The van der Waals surface area contributed by atoms with E-state index in [0.29, 0.717) is 35.2 Å². The van der Waals surface area contributed by atoms with Crippen molar-refractivity contribution < 1.29 is 23.8 Å². The Hall–Kier alpha value is -4.79. The summed E-state index contributed by atoms with van der Waals surface area (Å²) in [5.74, 6) is 2.01. The number of ether oxygens (including phenoxy) is 3. The highest BCUT2D eigenvalue weighted by molar-refractivity contribution is 5.99. The Morgan fingerprint density at radius 3 is 1.88 bits per heavy atom. The van der Waals surface area contributed by atoms with Crippen LogP contribution >= 0.6 is 0 Å². The molecule has 0 spiro atoms. The summed E-state index contributed by atoms with van der Waals surface area (Å²) in [7, 11) is 4.79. The van der Waals surface area contributed by atoms with E-state index in [1.165, 1.54) is 0 Å². The molecule has 0 aliphatic heterocycles. The van der Waals surface area contributed by atoms with Gasteiger partial charge in [-0.25, -0.2) is 4.98 Å². The number of nitrogens with one attached hydrogen (secondary N) is 1. The van der Waals surface area contributed by atoms with Gasteiger partial charge in [-0.1, -0.05) is 13.8 Å². The zero-order valence-corrected chi connectivity index (χ0v) is 23.4. The molecule has 2 amide bonds. The second-order valence-electron chi connectivity index (χ2n) is 9.60. The molecule has 4 rings (SSSR count). The molecule has 1 N–H and O–H groups in total. The maximum absolute atomic E-state index is 13.3. The molecule has 0 atom stereocenters. The normalized spacial score (nSPS) is 10.8. The molecule has 0 radical (unpaired) electrons. The SMILES string of the molecule is COc1ccc(C(=O)N(CC(=O)Nc2nc(-c3ccc(OC)cc3)cn2-c2ccc(OC)cc2)CC(C)C)cc1. The van der Waals surface area contributed by atoms with Gasteiger partial charge in [0, 0.05) is 29.6 Å². The molecule has 1 heterocycles. The van der Waals surface area contributed by atoms with Gasteiger partial charge < -0.3 is 19.1 Å². The molecule has 0 aliphatic carbocycles. The molecule has 40 heavy (non-hydrogen) atoms. The molecule has 9 nitrogen and oxygen atoms in total. The minimum atomic E-state index is -0.357. The van der Waals surface area contributed by atoms with E-state index < -0.39 is 0 Å². The first-order valence-corrected chi connectivity index (χ1v) is 12.9. The lowest BCUT2D eigenvalue weighted by Gasteiger charge is -2.24. The van der Waals surface area contributed by atoms with Crippen molar-refractivity contribution in [3.05, 3.63) is 84.6 Å². The van der Waals surface area contributed by atoms with Gasteiger partial charge in [0.15, 0.2) is 0 Å². The molecule has 0 unspecified atom stereocenters. The van der Waals surface area contributed by atoms with Crippen LogP contribution in [-0.4, -0.2) is 60.7 Å². The molecule has 9 heteroatoms. The standard InChI is InChI=1S/C31H34N4O5/c1-21(2)18-34(30(37)23-8-14-26(39-4)15-9-23)20-29(36)33-31-32-28(22-6-12-25(38-3)13-7-22)19-35(31)24-10-16-27(40-5)17-11-24/h6-17,19,21H,18,20H2,1-5H3,(H,32,33,36). The zero-order valence-electron chi connectivity index (χ0n) is 23.4. The van der Waals surface area contributed by atoms with E-state index in [2.05, 4.69) is 5.32 Å². The number of amides is 2. The Morgan fingerprint density at radius 2 is 1.35 bits per heavy atom. The van der Waals surface area contributed by atoms with Gasteiger partial charge in [-0.3, -0.25) is 19.5 Å². The van der Waals surface area contributed by atoms with Gasteiger partial charge in [-0.15, -0.1) is 0 Å². The van der Waals surface area contributed by atoms with Crippen LogP contribution in [0, 0.1) is 5.92 Å². The Kier molecular flexibility index (Phi) is 9.06. The second-order valence-corrected chi connectivity index (χ2v) is 9.60. The summed E-state index contributed by atoms with van der Waals surface area (Å²) in [6, 6.07) is 21.8. The topological polar surface area (TPSA) is 94.9 Å². The quantitative estimate of drug-likeness (QED) is 0.276. The fraction of sp³-hybridized carbons (Fsp3) is 0.258. The van der Waals surface area contributed by atoms with E-state index in [4.69, 9.17) is 19.2 Å². The van der Waals surface area contributed by atoms with Crippen molar-refractivity contribution in [1.82, 2.24) is 14.5 Å². The lowest BCUT2D eigenvalue weighted by atomic mass is 10.1.